The van der Waals surface area contributed by atoms with Crippen molar-refractivity contribution in [3.05, 3.63) is 406 Å². The molecule has 18 heteroatoms. The van der Waals surface area contributed by atoms with Crippen LogP contribution in [0.1, 0.15) is 202 Å². The number of rotatable bonds is 20. The average molecular weight is 1800 g/mol. The average Bonchev–Trinajstić information content (AvgIpc) is 0.718. The Morgan fingerprint density at radius 1 is 0.167 bits per heavy atom. The molecule has 0 atom stereocenters. The number of imide groups is 6. The van der Waals surface area contributed by atoms with Gasteiger partial charge in [0.1, 0.15) is 0 Å². The summed E-state index contributed by atoms with van der Waals surface area (Å²) in [6, 6.07) is 105. The lowest BCUT2D eigenvalue weighted by molar-refractivity contribution is 0.0592. The lowest BCUT2D eigenvalue weighted by Crippen LogP contribution is -2.41. The highest BCUT2D eigenvalue weighted by Crippen LogP contribution is 2.46. The van der Waals surface area contributed by atoms with E-state index in [0.29, 0.717) is 135 Å². The standard InChI is InChI=1S/C56H52N2O4.C34H18N2O4.C30H16N2O4/c1-3-5-7-9-11-35-57-53(59)47-17-13-15-45-43(31-33-49(51(45)47)55(57)61)41-27-23-39(24-28-41)37-19-21-38(22-20-37)40-25-29-42(30-26-40)44-32-34-50-52-46(44)16-14-18-48(52)54(60)58(56(50)62)36-12-10-8-6-4-2;37-31-23-13-3-7-19-8-4-14-24(29(19)23)32(38)35(31)27-17-18-28(22-12-2-1-11-21(22)27)36-33(39)25-15-5-9-20-10-6-16-26(30(20)25)34(36)40;33-27-21-9-1-5-17-6-2-10-22(25(17)21)28(34)31(27)19-13-15-20(16-14-19)32-29(35)23-11-3-7-18-8-4-12-24(26(18)23)30(32)36/h13-34H,3-12,35-36H2,1-2H3;1-18H;1-16H. The predicted octanol–water partition coefficient (Wildman–Crippen LogP) is 26.1. The molecule has 0 radical (unpaired) electrons. The third-order valence-corrected chi connectivity index (χ3v) is 27.7. The van der Waals surface area contributed by atoms with Crippen LogP contribution in [0.5, 0.6) is 0 Å². The topological polar surface area (TPSA) is 224 Å². The minimum absolute atomic E-state index is 0.198. The second-order valence-electron chi connectivity index (χ2n) is 35.6. The minimum Gasteiger partial charge on any atom is -0.274 e. The van der Waals surface area contributed by atoms with E-state index in [-0.39, 0.29) is 23.6 Å². The summed E-state index contributed by atoms with van der Waals surface area (Å²) in [4.78, 5) is 170. The van der Waals surface area contributed by atoms with Gasteiger partial charge in [0.2, 0.25) is 0 Å². The molecule has 138 heavy (non-hydrogen) atoms. The third kappa shape index (κ3) is 14.3. The zero-order valence-corrected chi connectivity index (χ0v) is 75.4. The smallest absolute Gasteiger partial charge is 0.266 e. The molecule has 0 bridgehead atoms. The molecule has 0 aromatic heterocycles. The number of carbonyl (C=O) groups excluding carboxylic acids is 12. The maximum atomic E-state index is 13.8. The van der Waals surface area contributed by atoms with Gasteiger partial charge in [-0.15, -0.1) is 0 Å². The Morgan fingerprint density at radius 3 is 0.652 bits per heavy atom. The molecular formula is C120H86N6O12. The summed E-state index contributed by atoms with van der Waals surface area (Å²) in [5, 5.41) is 10.4. The molecule has 18 aromatic rings. The SMILES string of the molecule is CCCCCCCN1C(=O)c2cccc3c(-c4ccc(-c5ccc(-c6ccc(-c7ccc8c9c(cccc79)C(=O)N(CCCCCCC)C8=O)cc6)cc5)cc4)ccc(c23)C1=O.O=C1c2cccc3cccc(c23)C(=O)N1c1ccc(N2C(=O)c3cccc4cccc(c34)C2=O)c2ccccc12.O=C1c2cccc3cccc(c23)C(=O)N1c1ccc(N2C(=O)c3cccc4cccc(c34)C2=O)cc1. The fraction of sp³-hybridized carbons (Fsp3) is 0.117. The van der Waals surface area contributed by atoms with Crippen molar-refractivity contribution in [1.82, 2.24) is 9.80 Å². The number of anilines is 4. The van der Waals surface area contributed by atoms with Crippen LogP contribution >= 0.6 is 0 Å². The molecule has 24 rings (SSSR count). The molecular weight excluding hydrogens is 1720 g/mol. The van der Waals surface area contributed by atoms with Crippen LogP contribution in [0.4, 0.5) is 22.7 Å². The summed E-state index contributed by atoms with van der Waals surface area (Å²) >= 11 is 0. The van der Waals surface area contributed by atoms with Crippen LogP contribution < -0.4 is 19.6 Å². The molecule has 0 N–H and O–H groups in total. The van der Waals surface area contributed by atoms with E-state index < -0.39 is 47.3 Å². The summed E-state index contributed by atoms with van der Waals surface area (Å²) in [7, 11) is 0. The van der Waals surface area contributed by atoms with Gasteiger partial charge in [-0.3, -0.25) is 67.3 Å². The van der Waals surface area contributed by atoms with Crippen molar-refractivity contribution in [1.29, 1.82) is 0 Å². The van der Waals surface area contributed by atoms with Gasteiger partial charge in [0, 0.05) is 123 Å². The first-order valence-electron chi connectivity index (χ1n) is 46.9. The van der Waals surface area contributed by atoms with E-state index in [1.807, 2.05) is 109 Å². The summed E-state index contributed by atoms with van der Waals surface area (Å²) in [6.07, 6.45) is 10.6. The molecule has 12 amide bonds. The van der Waals surface area contributed by atoms with Crippen LogP contribution in [0.3, 0.4) is 0 Å². The lowest BCUT2D eigenvalue weighted by atomic mass is 9.88. The van der Waals surface area contributed by atoms with Crippen molar-refractivity contribution in [3.63, 3.8) is 0 Å². The van der Waals surface area contributed by atoms with Crippen LogP contribution in [-0.2, 0) is 0 Å². The highest BCUT2D eigenvalue weighted by atomic mass is 16.2. The van der Waals surface area contributed by atoms with Crippen molar-refractivity contribution >= 4 is 169 Å². The van der Waals surface area contributed by atoms with Crippen molar-refractivity contribution < 1.29 is 57.5 Å². The monoisotopic (exact) mass is 1800 g/mol. The van der Waals surface area contributed by atoms with E-state index in [1.54, 1.807) is 158 Å². The number of amides is 12. The van der Waals surface area contributed by atoms with E-state index >= 15 is 0 Å². The summed E-state index contributed by atoms with van der Waals surface area (Å²) in [5.74, 6) is -4.12. The molecule has 0 unspecified atom stereocenters. The Kier molecular flexibility index (Phi) is 22.0. The number of benzene rings is 18. The maximum Gasteiger partial charge on any atom is 0.266 e. The Morgan fingerprint density at radius 2 is 0.384 bits per heavy atom. The minimum atomic E-state index is -0.419. The normalized spacial score (nSPS) is 14.2. The molecule has 668 valence electrons. The Hall–Kier alpha value is -17.4. The Bertz CT molecular complexity index is 7620. The highest BCUT2D eigenvalue weighted by molar-refractivity contribution is 6.42. The van der Waals surface area contributed by atoms with Gasteiger partial charge in [0.05, 0.1) is 22.7 Å². The first kappa shape index (κ1) is 86.1. The molecule has 0 aliphatic carbocycles. The van der Waals surface area contributed by atoms with E-state index in [9.17, 15) is 57.5 Å². The zero-order valence-electron chi connectivity index (χ0n) is 75.4. The summed E-state index contributed by atoms with van der Waals surface area (Å²) in [6.45, 7) is 5.26. The quantitative estimate of drug-likeness (QED) is 0.0513. The van der Waals surface area contributed by atoms with Gasteiger partial charge < -0.3 is 0 Å². The van der Waals surface area contributed by atoms with Crippen molar-refractivity contribution in [2.45, 2.75) is 78.1 Å². The first-order chi connectivity index (χ1) is 67.5. The molecule has 0 saturated heterocycles. The number of nitrogens with zero attached hydrogens (tertiary/aromatic N) is 6. The number of hydrogen-bond donors (Lipinski definition) is 0. The van der Waals surface area contributed by atoms with Gasteiger partial charge >= 0.3 is 0 Å². The largest absolute Gasteiger partial charge is 0.274 e. The van der Waals surface area contributed by atoms with Gasteiger partial charge in [-0.2, -0.15) is 0 Å². The third-order valence-electron chi connectivity index (χ3n) is 27.7. The Labute approximate surface area is 793 Å². The molecule has 18 nitrogen and oxygen atoms in total. The van der Waals surface area contributed by atoms with Gasteiger partial charge in [-0.1, -0.05) is 296 Å². The molecule has 0 fully saturated rings. The molecule has 6 heterocycles. The molecule has 0 saturated carbocycles. The van der Waals surface area contributed by atoms with Gasteiger partial charge in [0.15, 0.2) is 0 Å². The lowest BCUT2D eigenvalue weighted by Gasteiger charge is -2.31. The van der Waals surface area contributed by atoms with Gasteiger partial charge in [0.25, 0.3) is 70.9 Å². The van der Waals surface area contributed by atoms with Crippen LogP contribution in [0, 0.1) is 0 Å². The fourth-order valence-electron chi connectivity index (χ4n) is 20.9. The zero-order chi connectivity index (χ0) is 94.4. The fourth-order valence-corrected chi connectivity index (χ4v) is 20.9. The number of fused-ring (bicyclic) bond motifs is 1. The van der Waals surface area contributed by atoms with Gasteiger partial charge in [-0.05, 0) is 199 Å². The molecule has 18 aromatic carbocycles. The first-order valence-corrected chi connectivity index (χ1v) is 46.9. The maximum absolute atomic E-state index is 13.8. The van der Waals surface area contributed by atoms with Crippen molar-refractivity contribution in [2.24, 2.45) is 0 Å². The highest BCUT2D eigenvalue weighted by Gasteiger charge is 2.42. The molecule has 0 spiro atoms. The van der Waals surface area contributed by atoms with E-state index in [2.05, 4.69) is 86.6 Å². The van der Waals surface area contributed by atoms with Crippen molar-refractivity contribution in [3.8, 4) is 44.5 Å². The van der Waals surface area contributed by atoms with Gasteiger partial charge in [-0.25, -0.2) is 19.6 Å². The van der Waals surface area contributed by atoms with Crippen LogP contribution in [0.15, 0.2) is 340 Å². The van der Waals surface area contributed by atoms with Crippen LogP contribution in [-0.4, -0.2) is 93.8 Å². The predicted molar refractivity (Wildman–Crippen MR) is 542 cm³/mol. The summed E-state index contributed by atoms with van der Waals surface area (Å²) < 4.78 is 0. The van der Waals surface area contributed by atoms with E-state index in [1.165, 1.54) is 32.4 Å². The summed E-state index contributed by atoms with van der Waals surface area (Å²) in [5.41, 5.74) is 15.9. The second kappa shape index (κ2) is 35.2. The Balaban J connectivity index is 0.000000125. The van der Waals surface area contributed by atoms with E-state index in [4.69, 9.17) is 0 Å². The molecule has 6 aliphatic heterocycles. The number of unbranched alkanes of at least 4 members (excludes halogenated alkanes) is 8. The second-order valence-corrected chi connectivity index (χ2v) is 35.6. The number of hydrogen-bond acceptors (Lipinski definition) is 12. The number of carbonyl (C=O) groups is 12. The van der Waals surface area contributed by atoms with E-state index in [0.717, 1.165) is 149 Å². The molecule has 6 aliphatic rings. The van der Waals surface area contributed by atoms with Crippen LogP contribution in [0.2, 0.25) is 0 Å². The van der Waals surface area contributed by atoms with Crippen LogP contribution in [0.25, 0.3) is 120 Å². The van der Waals surface area contributed by atoms with Crippen molar-refractivity contribution in [2.75, 3.05) is 32.7 Å².